The number of aliphatic hydroxyl groups is 1. The van der Waals surface area contributed by atoms with Crippen LogP contribution in [0.1, 0.15) is 55.3 Å². The Kier molecular flexibility index (Phi) is 13.1. The van der Waals surface area contributed by atoms with Gasteiger partial charge in [-0.05, 0) is 38.1 Å². The second kappa shape index (κ2) is 14.6. The fraction of sp³-hybridized carbons (Fsp3) is 0.333. The van der Waals surface area contributed by atoms with Gasteiger partial charge in [-0.2, -0.15) is 43.9 Å². The first-order valence-corrected chi connectivity index (χ1v) is 10.6. The predicted octanol–water partition coefficient (Wildman–Crippen LogP) is 6.00. The summed E-state index contributed by atoms with van der Waals surface area (Å²) >= 11 is 0. The minimum atomic E-state index is -5.81. The van der Waals surface area contributed by atoms with Gasteiger partial charge < -0.3 is 14.9 Å². The second-order valence-electron chi connectivity index (χ2n) is 7.75. The molecule has 17 heteroatoms. The van der Waals surface area contributed by atoms with E-state index in [4.69, 9.17) is 10.2 Å². The third-order valence-electron chi connectivity index (χ3n) is 4.65. The Morgan fingerprint density at radius 3 is 1.27 bits per heavy atom. The average Bonchev–Trinajstić information content (AvgIpc) is 2.88. The highest BCUT2D eigenvalue weighted by Crippen LogP contribution is 2.39. The van der Waals surface area contributed by atoms with E-state index < -0.39 is 48.3 Å². The van der Waals surface area contributed by atoms with Crippen LogP contribution >= 0.6 is 0 Å². The quantitative estimate of drug-likeness (QED) is 0.224. The lowest BCUT2D eigenvalue weighted by Gasteiger charge is -2.25. The molecule has 2 atom stereocenters. The number of hydrogen-bond acceptors (Lipinski definition) is 6. The van der Waals surface area contributed by atoms with E-state index in [1.165, 1.54) is 36.4 Å². The van der Waals surface area contributed by atoms with Crippen LogP contribution in [0.3, 0.4) is 0 Å². The van der Waals surface area contributed by atoms with Crippen LogP contribution in [0.2, 0.25) is 0 Å². The van der Waals surface area contributed by atoms with E-state index >= 15 is 0 Å². The van der Waals surface area contributed by atoms with Gasteiger partial charge in [0.2, 0.25) is 0 Å². The summed E-state index contributed by atoms with van der Waals surface area (Å²) < 4.78 is 123. The molecule has 2 aromatic rings. The van der Waals surface area contributed by atoms with E-state index in [1.54, 1.807) is 0 Å². The van der Waals surface area contributed by atoms with Crippen molar-refractivity contribution in [3.8, 4) is 0 Å². The largest absolute Gasteiger partial charge is 0.478 e. The van der Waals surface area contributed by atoms with Crippen molar-refractivity contribution in [3.63, 3.8) is 0 Å². The maximum atomic E-state index is 12.9. The molecule has 0 aliphatic carbocycles. The van der Waals surface area contributed by atoms with Crippen molar-refractivity contribution in [1.82, 2.24) is 0 Å². The Hall–Kier alpha value is -4.02. The normalized spacial score (nSPS) is 13.3. The van der Waals surface area contributed by atoms with Crippen LogP contribution in [-0.4, -0.2) is 71.1 Å². The maximum Gasteiger partial charge on any atom is 0.457 e. The van der Waals surface area contributed by atoms with Crippen LogP contribution in [0, 0.1) is 0 Å². The monoisotopic (exact) mass is 610 g/mol. The number of aromatic carboxylic acids is 1. The zero-order valence-corrected chi connectivity index (χ0v) is 20.6. The number of aliphatic hydroxyl groups excluding tert-OH is 1. The lowest BCUT2D eigenvalue weighted by Crippen LogP contribution is -2.47. The van der Waals surface area contributed by atoms with Gasteiger partial charge in [-0.25, -0.2) is 9.59 Å². The number of ether oxygens (including phenoxy) is 1. The molecule has 0 aliphatic heterocycles. The standard InChI is InChI=1S/C12H9F5O3.C8H6O3.C4H5F5O/c1-7(11(13,14)12(15,16)17)20-10(19)9-4-2-8(6-18)3-5-9;9-5-6-1-3-7(4-2-6)8(10)11;1-2(10)3(5,6)4(7,8)9/h2-7H,1H3;1-5H,(H,10,11);2,10H,1H3. The van der Waals surface area contributed by atoms with Crippen molar-refractivity contribution in [3.05, 3.63) is 70.8 Å². The summed E-state index contributed by atoms with van der Waals surface area (Å²) in [6.07, 6.45) is -15.7. The van der Waals surface area contributed by atoms with Crippen molar-refractivity contribution >= 4 is 24.5 Å². The van der Waals surface area contributed by atoms with E-state index in [0.717, 1.165) is 12.1 Å². The number of hydrogen-bond donors (Lipinski definition) is 2. The number of carbonyl (C=O) groups excluding carboxylic acids is 3. The molecule has 2 unspecified atom stereocenters. The topological polar surface area (TPSA) is 118 Å². The summed E-state index contributed by atoms with van der Waals surface area (Å²) in [5, 5.41) is 16.4. The number of aldehydes is 2. The summed E-state index contributed by atoms with van der Waals surface area (Å²) in [6, 6.07) is 10.3. The summed E-state index contributed by atoms with van der Waals surface area (Å²) in [5.41, 5.74) is 0.654. The van der Waals surface area contributed by atoms with Gasteiger partial charge >= 0.3 is 36.1 Å². The maximum absolute atomic E-state index is 12.9. The minimum absolute atomic E-state index is 0.190. The summed E-state index contributed by atoms with van der Waals surface area (Å²) in [4.78, 5) is 42.2. The molecule has 0 radical (unpaired) electrons. The number of rotatable bonds is 7. The van der Waals surface area contributed by atoms with Gasteiger partial charge in [0.1, 0.15) is 18.7 Å². The minimum Gasteiger partial charge on any atom is -0.478 e. The second-order valence-corrected chi connectivity index (χ2v) is 7.75. The Morgan fingerprint density at radius 2 is 1.02 bits per heavy atom. The third kappa shape index (κ3) is 10.8. The van der Waals surface area contributed by atoms with Crippen molar-refractivity contribution in [1.29, 1.82) is 0 Å². The Morgan fingerprint density at radius 1 is 0.683 bits per heavy atom. The SMILES string of the molecule is CC(O)C(F)(F)C(F)(F)F.CC(OC(=O)c1ccc(C=O)cc1)C(F)(F)C(F)(F)F.O=Cc1ccc(C(=O)O)cc1. The Bertz CT molecular complexity index is 1160. The third-order valence-corrected chi connectivity index (χ3v) is 4.65. The lowest BCUT2D eigenvalue weighted by atomic mass is 10.1. The number of esters is 1. The molecule has 0 bridgehead atoms. The zero-order chi connectivity index (χ0) is 32.4. The van der Waals surface area contributed by atoms with Gasteiger partial charge in [-0.15, -0.1) is 0 Å². The van der Waals surface area contributed by atoms with Gasteiger partial charge in [-0.3, -0.25) is 9.59 Å². The molecule has 0 saturated carbocycles. The fourth-order valence-electron chi connectivity index (χ4n) is 2.17. The summed E-state index contributed by atoms with van der Waals surface area (Å²) in [7, 11) is 0. The summed E-state index contributed by atoms with van der Waals surface area (Å²) in [6.45, 7) is 0.832. The molecule has 0 amide bonds. The van der Waals surface area contributed by atoms with Crippen LogP contribution in [0.4, 0.5) is 43.9 Å². The fourth-order valence-corrected chi connectivity index (χ4v) is 2.17. The van der Waals surface area contributed by atoms with E-state index in [-0.39, 0.29) is 16.7 Å². The molecule has 0 fully saturated rings. The number of carbonyl (C=O) groups is 4. The molecule has 0 heterocycles. The Labute approximate surface area is 224 Å². The van der Waals surface area contributed by atoms with Crippen LogP contribution < -0.4 is 0 Å². The van der Waals surface area contributed by atoms with E-state index in [0.29, 0.717) is 32.0 Å². The zero-order valence-electron chi connectivity index (χ0n) is 20.6. The van der Waals surface area contributed by atoms with Gasteiger partial charge in [0.05, 0.1) is 11.1 Å². The number of carboxylic acids is 1. The van der Waals surface area contributed by atoms with E-state index in [1.807, 2.05) is 0 Å². The van der Waals surface area contributed by atoms with E-state index in [9.17, 15) is 63.1 Å². The molecule has 228 valence electrons. The van der Waals surface area contributed by atoms with Gasteiger partial charge in [-0.1, -0.05) is 24.3 Å². The van der Waals surface area contributed by atoms with Crippen molar-refractivity contribution in [2.75, 3.05) is 0 Å². The molecule has 2 rings (SSSR count). The van der Waals surface area contributed by atoms with Crippen LogP contribution in [0.25, 0.3) is 0 Å². The first-order valence-electron chi connectivity index (χ1n) is 10.6. The molecule has 41 heavy (non-hydrogen) atoms. The molecular formula is C24H20F10O7. The molecule has 0 aromatic heterocycles. The smallest absolute Gasteiger partial charge is 0.457 e. The number of alkyl halides is 10. The molecule has 0 aliphatic rings. The highest BCUT2D eigenvalue weighted by atomic mass is 19.4. The highest BCUT2D eigenvalue weighted by molar-refractivity contribution is 5.90. The number of halogens is 10. The summed E-state index contributed by atoms with van der Waals surface area (Å²) in [5.74, 6) is -12.5. The number of benzene rings is 2. The van der Waals surface area contributed by atoms with Gasteiger partial charge in [0.25, 0.3) is 0 Å². The predicted molar refractivity (Wildman–Crippen MR) is 119 cm³/mol. The van der Waals surface area contributed by atoms with Crippen LogP contribution in [0.5, 0.6) is 0 Å². The molecule has 0 saturated heterocycles. The van der Waals surface area contributed by atoms with Crippen molar-refractivity contribution in [2.24, 2.45) is 0 Å². The molecule has 0 spiro atoms. The molecule has 2 aromatic carbocycles. The molecule has 2 N–H and O–H groups in total. The first-order chi connectivity index (χ1) is 18.5. The van der Waals surface area contributed by atoms with Crippen molar-refractivity contribution < 1.29 is 78.0 Å². The highest BCUT2D eigenvalue weighted by Gasteiger charge is 2.63. The van der Waals surface area contributed by atoms with E-state index in [2.05, 4.69) is 4.74 Å². The average molecular weight is 610 g/mol. The molecule has 7 nitrogen and oxygen atoms in total. The number of carboxylic acid groups (broad SMARTS) is 1. The lowest BCUT2D eigenvalue weighted by molar-refractivity contribution is -0.310. The van der Waals surface area contributed by atoms with Gasteiger partial charge in [0, 0.05) is 11.1 Å². The van der Waals surface area contributed by atoms with Crippen LogP contribution in [0.15, 0.2) is 48.5 Å². The van der Waals surface area contributed by atoms with Crippen LogP contribution in [-0.2, 0) is 4.74 Å². The van der Waals surface area contributed by atoms with Crippen molar-refractivity contribution in [2.45, 2.75) is 50.3 Å². The first kappa shape index (κ1) is 37.0. The van der Waals surface area contributed by atoms with Gasteiger partial charge in [0.15, 0.2) is 6.10 Å². The Balaban J connectivity index is 0.000000644. The molecular weight excluding hydrogens is 590 g/mol.